The molecule has 1 fully saturated rings. The van der Waals surface area contributed by atoms with E-state index in [4.69, 9.17) is 9.47 Å². The number of aromatic amines is 1. The van der Waals surface area contributed by atoms with Gasteiger partial charge in [0.25, 0.3) is 5.91 Å². The first-order valence-corrected chi connectivity index (χ1v) is 9.94. The number of amides is 1. The number of methoxy groups -OCH3 is 1. The van der Waals surface area contributed by atoms with Crippen LogP contribution in [0.2, 0.25) is 0 Å². The highest BCUT2D eigenvalue weighted by molar-refractivity contribution is 7.99. The number of ether oxygens (including phenoxy) is 2. The molecule has 1 aliphatic rings. The molecule has 0 aliphatic carbocycles. The van der Waals surface area contributed by atoms with Gasteiger partial charge >= 0.3 is 0 Å². The van der Waals surface area contributed by atoms with Gasteiger partial charge in [-0.2, -0.15) is 10.3 Å². The van der Waals surface area contributed by atoms with Gasteiger partial charge in [-0.3, -0.25) is 4.79 Å². The monoisotopic (exact) mass is 391 g/mol. The number of piperidine rings is 1. The molecule has 0 radical (unpaired) electrons. The molecule has 27 heavy (non-hydrogen) atoms. The first kappa shape index (κ1) is 19.5. The summed E-state index contributed by atoms with van der Waals surface area (Å²) in [6, 6.07) is 5.31. The number of H-pyrrole nitrogens is 1. The molecule has 1 aromatic carbocycles. The smallest absolute Gasteiger partial charge is 0.251 e. The molecular formula is C18H25N5O3S. The zero-order valence-electron chi connectivity index (χ0n) is 15.6. The van der Waals surface area contributed by atoms with Crippen molar-refractivity contribution in [2.24, 2.45) is 0 Å². The Hall–Kier alpha value is -2.26. The van der Waals surface area contributed by atoms with Crippen LogP contribution in [0.4, 0.5) is 0 Å². The number of hydrogen-bond acceptors (Lipinski definition) is 7. The van der Waals surface area contributed by atoms with Gasteiger partial charge in [0.2, 0.25) is 0 Å². The molecule has 9 heteroatoms. The van der Waals surface area contributed by atoms with E-state index < -0.39 is 0 Å². The van der Waals surface area contributed by atoms with Crippen LogP contribution in [0.25, 0.3) is 0 Å². The third-order valence-electron chi connectivity index (χ3n) is 4.42. The Morgan fingerprint density at radius 1 is 1.37 bits per heavy atom. The fraction of sp³-hybridized carbons (Fsp3) is 0.500. The first-order valence-electron chi connectivity index (χ1n) is 8.95. The molecular weight excluding hydrogens is 366 g/mol. The zero-order chi connectivity index (χ0) is 19.1. The molecule has 0 saturated carbocycles. The van der Waals surface area contributed by atoms with Crippen LogP contribution in [-0.4, -0.2) is 71.9 Å². The number of likely N-dealkylation sites (tertiary alicyclic amines) is 1. The molecule has 0 bridgehead atoms. The van der Waals surface area contributed by atoms with Crippen LogP contribution in [0.3, 0.4) is 0 Å². The molecule has 2 aromatic rings. The SMILES string of the molecule is COc1cc(C(=O)NCCSc2cn[nH]n2)ccc1OC1CCN(C)CC1. The molecule has 0 atom stereocenters. The van der Waals surface area contributed by atoms with Gasteiger partial charge in [-0.05, 0) is 38.1 Å². The van der Waals surface area contributed by atoms with Crippen molar-refractivity contribution in [2.45, 2.75) is 24.0 Å². The molecule has 8 nitrogen and oxygen atoms in total. The summed E-state index contributed by atoms with van der Waals surface area (Å²) in [4.78, 5) is 14.7. The van der Waals surface area contributed by atoms with Crippen molar-refractivity contribution in [1.82, 2.24) is 25.6 Å². The Kier molecular flexibility index (Phi) is 6.94. The summed E-state index contributed by atoms with van der Waals surface area (Å²) >= 11 is 1.53. The maximum atomic E-state index is 12.4. The predicted molar refractivity (Wildman–Crippen MR) is 104 cm³/mol. The molecule has 2 N–H and O–H groups in total. The average Bonchev–Trinajstić information content (AvgIpc) is 3.20. The predicted octanol–water partition coefficient (Wildman–Crippen LogP) is 1.81. The molecule has 3 rings (SSSR count). The second kappa shape index (κ2) is 9.61. The van der Waals surface area contributed by atoms with Crippen LogP contribution in [0.5, 0.6) is 11.5 Å². The number of hydrogen-bond donors (Lipinski definition) is 2. The third kappa shape index (κ3) is 5.61. The number of carbonyl (C=O) groups excluding carboxylic acids is 1. The molecule has 0 spiro atoms. The van der Waals surface area contributed by atoms with E-state index in [1.807, 2.05) is 6.07 Å². The Morgan fingerprint density at radius 2 is 2.19 bits per heavy atom. The lowest BCUT2D eigenvalue weighted by molar-refractivity contribution is 0.0955. The second-order valence-corrected chi connectivity index (χ2v) is 7.51. The van der Waals surface area contributed by atoms with E-state index in [1.54, 1.807) is 25.4 Å². The van der Waals surface area contributed by atoms with Gasteiger partial charge in [-0.1, -0.05) is 0 Å². The number of benzene rings is 1. The standard InChI is InChI=1S/C18H25N5O3S/c1-23-8-5-14(6-9-23)26-15-4-3-13(11-16(15)25-2)18(24)19-7-10-27-17-12-20-22-21-17/h3-4,11-12,14H,5-10H2,1-2H3,(H,19,24)(H,20,21,22). The van der Waals surface area contributed by atoms with Crippen molar-refractivity contribution < 1.29 is 14.3 Å². The van der Waals surface area contributed by atoms with Gasteiger partial charge in [0.15, 0.2) is 11.5 Å². The van der Waals surface area contributed by atoms with E-state index >= 15 is 0 Å². The molecule has 146 valence electrons. The normalized spacial score (nSPS) is 15.5. The van der Waals surface area contributed by atoms with Crippen LogP contribution in [0, 0.1) is 0 Å². The third-order valence-corrected chi connectivity index (χ3v) is 5.32. The van der Waals surface area contributed by atoms with Crippen molar-refractivity contribution >= 4 is 17.7 Å². The fourth-order valence-corrected chi connectivity index (χ4v) is 3.52. The van der Waals surface area contributed by atoms with Crippen LogP contribution < -0.4 is 14.8 Å². The highest BCUT2D eigenvalue weighted by Crippen LogP contribution is 2.30. The maximum absolute atomic E-state index is 12.4. The summed E-state index contributed by atoms with van der Waals surface area (Å²) in [5.74, 6) is 1.84. The molecule has 1 aromatic heterocycles. The minimum Gasteiger partial charge on any atom is -0.493 e. The van der Waals surface area contributed by atoms with E-state index in [9.17, 15) is 4.79 Å². The lowest BCUT2D eigenvalue weighted by atomic mass is 10.1. The Bertz CT molecular complexity index is 733. The van der Waals surface area contributed by atoms with Gasteiger partial charge in [-0.25, -0.2) is 0 Å². The Balaban J connectivity index is 1.52. The lowest BCUT2D eigenvalue weighted by Gasteiger charge is -2.29. The number of carbonyl (C=O) groups is 1. The van der Waals surface area contributed by atoms with E-state index in [-0.39, 0.29) is 12.0 Å². The van der Waals surface area contributed by atoms with Crippen molar-refractivity contribution in [2.75, 3.05) is 39.5 Å². The summed E-state index contributed by atoms with van der Waals surface area (Å²) in [6.07, 6.45) is 3.82. The topological polar surface area (TPSA) is 92.4 Å². The van der Waals surface area contributed by atoms with E-state index in [0.29, 0.717) is 29.4 Å². The highest BCUT2D eigenvalue weighted by Gasteiger charge is 2.20. The van der Waals surface area contributed by atoms with E-state index in [2.05, 4.69) is 32.7 Å². The summed E-state index contributed by atoms with van der Waals surface area (Å²) in [7, 11) is 3.71. The average molecular weight is 391 g/mol. The van der Waals surface area contributed by atoms with Crippen LogP contribution in [0.1, 0.15) is 23.2 Å². The van der Waals surface area contributed by atoms with Crippen LogP contribution in [-0.2, 0) is 0 Å². The quantitative estimate of drug-likeness (QED) is 0.524. The highest BCUT2D eigenvalue weighted by atomic mass is 32.2. The van der Waals surface area contributed by atoms with Gasteiger partial charge in [0.05, 0.1) is 13.3 Å². The number of thioether (sulfide) groups is 1. The number of rotatable bonds is 8. The molecule has 1 aliphatic heterocycles. The van der Waals surface area contributed by atoms with Gasteiger partial charge in [0.1, 0.15) is 11.1 Å². The largest absolute Gasteiger partial charge is 0.493 e. The molecule has 1 amide bonds. The van der Waals surface area contributed by atoms with Gasteiger partial charge in [-0.15, -0.1) is 16.9 Å². The number of aromatic nitrogens is 3. The minimum atomic E-state index is -0.139. The summed E-state index contributed by atoms with van der Waals surface area (Å²) in [5.41, 5.74) is 0.550. The molecule has 0 unspecified atom stereocenters. The van der Waals surface area contributed by atoms with Crippen LogP contribution in [0.15, 0.2) is 29.4 Å². The fourth-order valence-electron chi connectivity index (χ4n) is 2.87. The minimum absolute atomic E-state index is 0.139. The zero-order valence-corrected chi connectivity index (χ0v) is 16.4. The van der Waals surface area contributed by atoms with Crippen molar-refractivity contribution in [3.05, 3.63) is 30.0 Å². The number of nitrogens with one attached hydrogen (secondary N) is 2. The van der Waals surface area contributed by atoms with Crippen molar-refractivity contribution in [3.63, 3.8) is 0 Å². The van der Waals surface area contributed by atoms with E-state index in [1.165, 1.54) is 11.8 Å². The first-order chi connectivity index (χ1) is 13.2. The molecule has 1 saturated heterocycles. The van der Waals surface area contributed by atoms with Gasteiger partial charge < -0.3 is 19.7 Å². The van der Waals surface area contributed by atoms with Crippen LogP contribution >= 0.6 is 11.8 Å². The maximum Gasteiger partial charge on any atom is 0.251 e. The van der Waals surface area contributed by atoms with Crippen molar-refractivity contribution in [1.29, 1.82) is 0 Å². The Labute approximate surface area is 163 Å². The van der Waals surface area contributed by atoms with E-state index in [0.717, 1.165) is 31.0 Å². The second-order valence-electron chi connectivity index (χ2n) is 6.40. The number of nitrogens with zero attached hydrogens (tertiary/aromatic N) is 3. The van der Waals surface area contributed by atoms with Gasteiger partial charge in [0, 0.05) is 31.0 Å². The summed E-state index contributed by atoms with van der Waals surface area (Å²) in [5, 5.41) is 14.0. The van der Waals surface area contributed by atoms with Crippen molar-refractivity contribution in [3.8, 4) is 11.5 Å². The molecule has 2 heterocycles. The Morgan fingerprint density at radius 3 is 2.89 bits per heavy atom. The summed E-state index contributed by atoms with van der Waals surface area (Å²) < 4.78 is 11.5. The lowest BCUT2D eigenvalue weighted by Crippen LogP contribution is -2.35. The summed E-state index contributed by atoms with van der Waals surface area (Å²) in [6.45, 7) is 2.59.